The molecule has 1 atom stereocenters. The fourth-order valence-electron chi connectivity index (χ4n) is 2.64. The maximum atomic E-state index is 11.6. The van der Waals surface area contributed by atoms with Crippen LogP contribution in [-0.2, 0) is 10.3 Å². The zero-order valence-corrected chi connectivity index (χ0v) is 9.53. The molecule has 0 aliphatic carbocycles. The molecule has 2 aliphatic heterocycles. The van der Waals surface area contributed by atoms with Gasteiger partial charge in [0, 0.05) is 18.2 Å². The molecule has 5 nitrogen and oxygen atoms in total. The summed E-state index contributed by atoms with van der Waals surface area (Å²) in [6.07, 6.45) is 3.96. The van der Waals surface area contributed by atoms with Crippen molar-refractivity contribution in [1.29, 1.82) is 0 Å². The summed E-state index contributed by atoms with van der Waals surface area (Å²) in [5.74, 6) is 0.644. The number of aromatic nitrogens is 1. The standard InChI is InChI=1S/C12H15N3O2/c16-11-15-10-9(3-1-7-14-10)12(17-11)4-2-6-13-8-5-12/h1,3,7,13H,2,4-6,8H2,(H,14,15,16)/t12-/m1/s1. The molecule has 1 spiro atoms. The lowest BCUT2D eigenvalue weighted by atomic mass is 9.86. The van der Waals surface area contributed by atoms with Crippen LogP contribution in [0.1, 0.15) is 24.8 Å². The molecule has 5 heteroatoms. The van der Waals surface area contributed by atoms with Crippen LogP contribution in [0.15, 0.2) is 18.3 Å². The third-order valence-corrected chi connectivity index (χ3v) is 3.45. The highest BCUT2D eigenvalue weighted by molar-refractivity contribution is 5.87. The first-order valence-electron chi connectivity index (χ1n) is 5.96. The maximum Gasteiger partial charge on any atom is 0.413 e. The number of hydrogen-bond acceptors (Lipinski definition) is 4. The van der Waals surface area contributed by atoms with Crippen LogP contribution in [0.25, 0.3) is 0 Å². The van der Waals surface area contributed by atoms with Crippen LogP contribution in [-0.4, -0.2) is 24.2 Å². The Morgan fingerprint density at radius 1 is 1.35 bits per heavy atom. The van der Waals surface area contributed by atoms with Crippen LogP contribution in [0.2, 0.25) is 0 Å². The molecule has 1 saturated heterocycles. The highest BCUT2D eigenvalue weighted by atomic mass is 16.6. The molecule has 90 valence electrons. The fourth-order valence-corrected chi connectivity index (χ4v) is 2.64. The summed E-state index contributed by atoms with van der Waals surface area (Å²) in [4.78, 5) is 15.8. The first kappa shape index (κ1) is 10.5. The molecule has 0 aromatic carbocycles. The molecule has 1 amide bonds. The summed E-state index contributed by atoms with van der Waals surface area (Å²) in [5, 5.41) is 5.99. The van der Waals surface area contributed by atoms with Crippen molar-refractivity contribution in [2.75, 3.05) is 18.4 Å². The monoisotopic (exact) mass is 233 g/mol. The van der Waals surface area contributed by atoms with E-state index >= 15 is 0 Å². The number of nitrogens with zero attached hydrogens (tertiary/aromatic N) is 1. The van der Waals surface area contributed by atoms with Gasteiger partial charge in [-0.3, -0.25) is 5.32 Å². The third kappa shape index (κ3) is 1.76. The number of fused-ring (bicyclic) bond motifs is 2. The predicted octanol–water partition coefficient (Wildman–Crippen LogP) is 1.61. The fraction of sp³-hybridized carbons (Fsp3) is 0.500. The molecule has 0 radical (unpaired) electrons. The summed E-state index contributed by atoms with van der Waals surface area (Å²) < 4.78 is 5.59. The van der Waals surface area contributed by atoms with Gasteiger partial charge in [-0.2, -0.15) is 0 Å². The van der Waals surface area contributed by atoms with Gasteiger partial charge in [-0.25, -0.2) is 9.78 Å². The summed E-state index contributed by atoms with van der Waals surface area (Å²) in [6.45, 7) is 1.84. The summed E-state index contributed by atoms with van der Waals surface area (Å²) >= 11 is 0. The van der Waals surface area contributed by atoms with E-state index in [9.17, 15) is 4.79 Å². The van der Waals surface area contributed by atoms with Crippen molar-refractivity contribution < 1.29 is 9.53 Å². The number of pyridine rings is 1. The van der Waals surface area contributed by atoms with Gasteiger partial charge in [0.2, 0.25) is 0 Å². The lowest BCUT2D eigenvalue weighted by molar-refractivity contribution is 0.00100. The van der Waals surface area contributed by atoms with E-state index in [1.807, 2.05) is 12.1 Å². The molecule has 3 rings (SSSR count). The van der Waals surface area contributed by atoms with Gasteiger partial charge in [0.25, 0.3) is 0 Å². The Morgan fingerprint density at radius 2 is 2.29 bits per heavy atom. The Kier molecular flexibility index (Phi) is 2.48. The molecule has 0 saturated carbocycles. The second-order valence-corrected chi connectivity index (χ2v) is 4.51. The van der Waals surface area contributed by atoms with Crippen LogP contribution >= 0.6 is 0 Å². The largest absolute Gasteiger partial charge is 0.438 e. The van der Waals surface area contributed by atoms with Gasteiger partial charge in [0.1, 0.15) is 11.4 Å². The number of anilines is 1. The highest BCUT2D eigenvalue weighted by Crippen LogP contribution is 2.41. The van der Waals surface area contributed by atoms with Crippen molar-refractivity contribution in [1.82, 2.24) is 10.3 Å². The first-order chi connectivity index (χ1) is 8.30. The van der Waals surface area contributed by atoms with Gasteiger partial charge in [-0.05, 0) is 38.1 Å². The van der Waals surface area contributed by atoms with Crippen LogP contribution in [0, 0.1) is 0 Å². The Morgan fingerprint density at radius 3 is 3.24 bits per heavy atom. The summed E-state index contributed by atoms with van der Waals surface area (Å²) in [6, 6.07) is 3.88. The van der Waals surface area contributed by atoms with Gasteiger partial charge in [-0.15, -0.1) is 0 Å². The van der Waals surface area contributed by atoms with Gasteiger partial charge in [-0.1, -0.05) is 0 Å². The third-order valence-electron chi connectivity index (χ3n) is 3.45. The molecule has 1 aromatic heterocycles. The quantitative estimate of drug-likeness (QED) is 0.714. The number of nitrogens with one attached hydrogen (secondary N) is 2. The number of amides is 1. The lowest BCUT2D eigenvalue weighted by Gasteiger charge is -2.37. The van der Waals surface area contributed by atoms with Gasteiger partial charge in [0.15, 0.2) is 0 Å². The van der Waals surface area contributed by atoms with E-state index in [0.29, 0.717) is 5.82 Å². The van der Waals surface area contributed by atoms with E-state index in [1.165, 1.54) is 0 Å². The first-order valence-corrected chi connectivity index (χ1v) is 5.96. The molecule has 1 fully saturated rings. The lowest BCUT2D eigenvalue weighted by Crippen LogP contribution is -2.40. The zero-order valence-electron chi connectivity index (χ0n) is 9.53. The van der Waals surface area contributed by atoms with Crippen LogP contribution in [0.5, 0.6) is 0 Å². The average Bonchev–Trinajstić information content (AvgIpc) is 2.55. The Bertz CT molecular complexity index is 439. The normalized spacial score (nSPS) is 27.9. The van der Waals surface area contributed by atoms with Crippen molar-refractivity contribution in [3.8, 4) is 0 Å². The average molecular weight is 233 g/mol. The molecule has 3 heterocycles. The van der Waals surface area contributed by atoms with E-state index in [-0.39, 0.29) is 0 Å². The zero-order chi connectivity index (χ0) is 11.7. The van der Waals surface area contributed by atoms with Crippen LogP contribution < -0.4 is 10.6 Å². The van der Waals surface area contributed by atoms with Crippen molar-refractivity contribution in [2.24, 2.45) is 0 Å². The molecule has 2 N–H and O–H groups in total. The second kappa shape index (κ2) is 4.00. The van der Waals surface area contributed by atoms with Crippen LogP contribution in [0.4, 0.5) is 10.6 Å². The number of hydrogen-bond donors (Lipinski definition) is 2. The highest BCUT2D eigenvalue weighted by Gasteiger charge is 2.42. The smallest absolute Gasteiger partial charge is 0.413 e. The van der Waals surface area contributed by atoms with Crippen molar-refractivity contribution in [2.45, 2.75) is 24.9 Å². The molecule has 1 aromatic rings. The van der Waals surface area contributed by atoms with E-state index in [2.05, 4.69) is 15.6 Å². The molecule has 17 heavy (non-hydrogen) atoms. The molecule has 0 bridgehead atoms. The second-order valence-electron chi connectivity index (χ2n) is 4.51. The van der Waals surface area contributed by atoms with Gasteiger partial charge < -0.3 is 10.1 Å². The van der Waals surface area contributed by atoms with Crippen LogP contribution in [0.3, 0.4) is 0 Å². The number of rotatable bonds is 0. The van der Waals surface area contributed by atoms with Gasteiger partial charge in [0.05, 0.1) is 0 Å². The Balaban J connectivity index is 2.06. The number of carbonyl (C=O) groups excluding carboxylic acids is 1. The summed E-state index contributed by atoms with van der Waals surface area (Å²) in [5.41, 5.74) is 0.512. The minimum absolute atomic E-state index is 0.391. The maximum absolute atomic E-state index is 11.6. The number of carbonyl (C=O) groups is 1. The topological polar surface area (TPSA) is 63.2 Å². The van der Waals surface area contributed by atoms with E-state index < -0.39 is 11.7 Å². The van der Waals surface area contributed by atoms with E-state index in [1.54, 1.807) is 6.20 Å². The molecular formula is C12H15N3O2. The van der Waals surface area contributed by atoms with Crippen molar-refractivity contribution in [3.63, 3.8) is 0 Å². The molecular weight excluding hydrogens is 218 g/mol. The SMILES string of the molecule is O=C1Nc2ncccc2[C@]2(CCCNCC2)O1. The van der Waals surface area contributed by atoms with E-state index in [4.69, 9.17) is 4.74 Å². The predicted molar refractivity (Wildman–Crippen MR) is 62.7 cm³/mol. The Labute approximate surface area is 99.6 Å². The van der Waals surface area contributed by atoms with Gasteiger partial charge >= 0.3 is 6.09 Å². The van der Waals surface area contributed by atoms with Crippen molar-refractivity contribution in [3.05, 3.63) is 23.9 Å². The minimum Gasteiger partial charge on any atom is -0.438 e. The molecule has 2 aliphatic rings. The summed E-state index contributed by atoms with van der Waals surface area (Å²) in [7, 11) is 0. The van der Waals surface area contributed by atoms with Crippen molar-refractivity contribution >= 4 is 11.9 Å². The van der Waals surface area contributed by atoms with E-state index in [0.717, 1.165) is 37.9 Å². The molecule has 0 unspecified atom stereocenters. The Hall–Kier alpha value is -1.62. The minimum atomic E-state index is -0.491. The number of ether oxygens (including phenoxy) is 1.